The van der Waals surface area contributed by atoms with Gasteiger partial charge < -0.3 is 19.4 Å². The molecule has 0 unspecified atom stereocenters. The maximum absolute atomic E-state index is 9.44. The van der Waals surface area contributed by atoms with Crippen LogP contribution in [-0.2, 0) is 4.74 Å². The Kier molecular flexibility index (Phi) is 5.60. The lowest BCUT2D eigenvalue weighted by Crippen LogP contribution is -2.54. The number of ether oxygens (including phenoxy) is 1. The second-order valence-corrected chi connectivity index (χ2v) is 9.04. The molecule has 0 N–H and O–H groups in total. The van der Waals surface area contributed by atoms with Crippen LogP contribution in [0.15, 0.2) is 30.5 Å². The minimum atomic E-state index is 0.185. The molecule has 0 spiro atoms. The first kappa shape index (κ1) is 19.7. The van der Waals surface area contributed by atoms with Crippen LogP contribution < -0.4 is 4.90 Å². The third kappa shape index (κ3) is 3.90. The van der Waals surface area contributed by atoms with E-state index in [-0.39, 0.29) is 12.2 Å². The van der Waals surface area contributed by atoms with Crippen molar-refractivity contribution in [2.45, 2.75) is 44.4 Å². The van der Waals surface area contributed by atoms with Crippen molar-refractivity contribution in [1.29, 1.82) is 5.26 Å². The van der Waals surface area contributed by atoms with E-state index in [1.807, 2.05) is 12.1 Å². The Bertz CT molecular complexity index is 929. The maximum atomic E-state index is 9.44. The second kappa shape index (κ2) is 8.50. The Balaban J connectivity index is 1.28. The molecule has 3 saturated heterocycles. The van der Waals surface area contributed by atoms with E-state index in [4.69, 9.17) is 4.74 Å². The predicted molar refractivity (Wildman–Crippen MR) is 119 cm³/mol. The molecule has 0 aliphatic carbocycles. The first-order chi connectivity index (χ1) is 14.7. The molecule has 6 heteroatoms. The molecule has 1 aromatic carbocycles. The number of hydrogen-bond acceptors (Lipinski definition) is 6. The predicted octanol–water partition coefficient (Wildman–Crippen LogP) is 2.87. The lowest BCUT2D eigenvalue weighted by atomic mass is 9.99. The molecule has 5 rings (SSSR count). The van der Waals surface area contributed by atoms with Gasteiger partial charge in [-0.3, -0.25) is 4.98 Å². The van der Waals surface area contributed by atoms with Gasteiger partial charge in [-0.1, -0.05) is 0 Å². The van der Waals surface area contributed by atoms with E-state index in [0.717, 1.165) is 42.3 Å². The summed E-state index contributed by atoms with van der Waals surface area (Å²) in [6, 6.07) is 11.1. The smallest absolute Gasteiger partial charge is 0.101 e. The first-order valence-corrected chi connectivity index (χ1v) is 11.4. The van der Waals surface area contributed by atoms with Crippen molar-refractivity contribution in [2.75, 3.05) is 50.7 Å². The number of anilines is 1. The summed E-state index contributed by atoms with van der Waals surface area (Å²) >= 11 is 0. The number of hydrogen-bond donors (Lipinski definition) is 0. The highest BCUT2D eigenvalue weighted by Crippen LogP contribution is 2.30. The van der Waals surface area contributed by atoms with Gasteiger partial charge in [-0.05, 0) is 76.6 Å². The van der Waals surface area contributed by atoms with Gasteiger partial charge in [0.15, 0.2) is 0 Å². The highest BCUT2D eigenvalue weighted by molar-refractivity contribution is 5.95. The summed E-state index contributed by atoms with van der Waals surface area (Å²) in [5, 5.41) is 10.5. The summed E-state index contributed by atoms with van der Waals surface area (Å²) in [4.78, 5) is 12.2. The second-order valence-electron chi connectivity index (χ2n) is 9.04. The van der Waals surface area contributed by atoms with E-state index in [0.29, 0.717) is 5.56 Å². The third-order valence-corrected chi connectivity index (χ3v) is 6.96. The Labute approximate surface area is 179 Å². The molecule has 0 radical (unpaired) electrons. The van der Waals surface area contributed by atoms with Crippen LogP contribution in [0.25, 0.3) is 10.9 Å². The summed E-state index contributed by atoms with van der Waals surface area (Å²) < 4.78 is 6.34. The highest BCUT2D eigenvalue weighted by atomic mass is 16.5. The average Bonchev–Trinajstić information content (AvgIpc) is 2.72. The van der Waals surface area contributed by atoms with Crippen LogP contribution in [-0.4, -0.2) is 78.8 Å². The number of morpholine rings is 1. The normalized spacial score (nSPS) is 26.5. The molecule has 3 fully saturated rings. The zero-order valence-corrected chi connectivity index (χ0v) is 17.8. The Morgan fingerprint density at radius 1 is 1.13 bits per heavy atom. The lowest BCUT2D eigenvalue weighted by Gasteiger charge is -2.45. The van der Waals surface area contributed by atoms with Crippen LogP contribution in [0.4, 0.5) is 5.69 Å². The van der Waals surface area contributed by atoms with Crippen LogP contribution in [0.1, 0.15) is 31.7 Å². The number of piperidine rings is 1. The number of nitrogens with zero attached hydrogens (tertiary/aromatic N) is 5. The average molecular weight is 406 g/mol. The number of aromatic nitrogens is 1. The van der Waals surface area contributed by atoms with Gasteiger partial charge in [0.05, 0.1) is 23.3 Å². The topological polar surface area (TPSA) is 55.6 Å². The maximum Gasteiger partial charge on any atom is 0.101 e. The molecule has 30 heavy (non-hydrogen) atoms. The standard InChI is InChI=1S/C24H31N5O/c1-18-15-29(23-6-5-19(14-25)24-22(23)4-2-9-26-24)17-21(30-18)16-27-12-7-20(8-13-27)28-10-3-11-28/h2,4-6,9,18,20-21H,3,7-8,10-13,15-17H2,1H3/t18-,21+/m1/s1. The summed E-state index contributed by atoms with van der Waals surface area (Å²) in [6.07, 6.45) is 6.11. The van der Waals surface area contributed by atoms with Crippen molar-refractivity contribution >= 4 is 16.6 Å². The molecule has 4 heterocycles. The molecule has 6 nitrogen and oxygen atoms in total. The van der Waals surface area contributed by atoms with Crippen LogP contribution in [0.3, 0.4) is 0 Å². The number of nitriles is 1. The Morgan fingerprint density at radius 3 is 2.70 bits per heavy atom. The minimum absolute atomic E-state index is 0.185. The number of likely N-dealkylation sites (tertiary alicyclic amines) is 2. The van der Waals surface area contributed by atoms with Crippen molar-refractivity contribution < 1.29 is 4.74 Å². The molecule has 1 aromatic heterocycles. The number of benzene rings is 1. The zero-order valence-electron chi connectivity index (χ0n) is 17.8. The van der Waals surface area contributed by atoms with Crippen LogP contribution in [0, 0.1) is 11.3 Å². The van der Waals surface area contributed by atoms with Crippen molar-refractivity contribution in [3.63, 3.8) is 0 Å². The minimum Gasteiger partial charge on any atom is -0.370 e. The van der Waals surface area contributed by atoms with E-state index in [1.165, 1.54) is 45.4 Å². The van der Waals surface area contributed by atoms with Crippen molar-refractivity contribution in [3.05, 3.63) is 36.0 Å². The number of fused-ring (bicyclic) bond motifs is 1. The summed E-state index contributed by atoms with van der Waals surface area (Å²) in [6.45, 7) is 9.87. The summed E-state index contributed by atoms with van der Waals surface area (Å²) in [5.41, 5.74) is 2.59. The van der Waals surface area contributed by atoms with E-state index >= 15 is 0 Å². The first-order valence-electron chi connectivity index (χ1n) is 11.4. The van der Waals surface area contributed by atoms with Gasteiger partial charge in [0.1, 0.15) is 6.07 Å². The Morgan fingerprint density at radius 2 is 1.97 bits per heavy atom. The SMILES string of the molecule is C[C@@H]1CN(c2ccc(C#N)c3ncccc23)C[C@H](CN2CCC(N3CCC3)CC2)O1. The van der Waals surface area contributed by atoms with Gasteiger partial charge in [0, 0.05) is 42.9 Å². The molecule has 0 bridgehead atoms. The molecule has 2 aromatic rings. The molecule has 158 valence electrons. The van der Waals surface area contributed by atoms with Gasteiger partial charge >= 0.3 is 0 Å². The van der Waals surface area contributed by atoms with Crippen molar-refractivity contribution in [3.8, 4) is 6.07 Å². The van der Waals surface area contributed by atoms with Crippen LogP contribution in [0.5, 0.6) is 0 Å². The largest absolute Gasteiger partial charge is 0.370 e. The number of pyridine rings is 1. The molecule has 0 amide bonds. The quantitative estimate of drug-likeness (QED) is 0.780. The van der Waals surface area contributed by atoms with Gasteiger partial charge in [-0.15, -0.1) is 0 Å². The van der Waals surface area contributed by atoms with Crippen molar-refractivity contribution in [2.24, 2.45) is 0 Å². The zero-order chi connectivity index (χ0) is 20.5. The van der Waals surface area contributed by atoms with Gasteiger partial charge in [0.2, 0.25) is 0 Å². The highest BCUT2D eigenvalue weighted by Gasteiger charge is 2.31. The van der Waals surface area contributed by atoms with E-state index in [1.54, 1.807) is 6.20 Å². The van der Waals surface area contributed by atoms with Gasteiger partial charge in [-0.2, -0.15) is 5.26 Å². The lowest BCUT2D eigenvalue weighted by molar-refractivity contribution is -0.0392. The number of rotatable bonds is 4. The molecular weight excluding hydrogens is 374 g/mol. The molecular formula is C24H31N5O. The fraction of sp³-hybridized carbons (Fsp3) is 0.583. The van der Waals surface area contributed by atoms with Gasteiger partial charge in [0.25, 0.3) is 0 Å². The van der Waals surface area contributed by atoms with E-state index in [2.05, 4.69) is 44.8 Å². The Hall–Kier alpha value is -2.20. The fourth-order valence-electron chi connectivity index (χ4n) is 5.33. The molecule has 0 saturated carbocycles. The van der Waals surface area contributed by atoms with Gasteiger partial charge in [-0.25, -0.2) is 0 Å². The summed E-state index contributed by atoms with van der Waals surface area (Å²) in [7, 11) is 0. The van der Waals surface area contributed by atoms with E-state index < -0.39 is 0 Å². The third-order valence-electron chi connectivity index (χ3n) is 6.96. The fourth-order valence-corrected chi connectivity index (χ4v) is 5.33. The molecule has 3 aliphatic heterocycles. The van der Waals surface area contributed by atoms with Crippen LogP contribution >= 0.6 is 0 Å². The van der Waals surface area contributed by atoms with E-state index in [9.17, 15) is 5.26 Å². The van der Waals surface area contributed by atoms with Crippen molar-refractivity contribution in [1.82, 2.24) is 14.8 Å². The van der Waals surface area contributed by atoms with Crippen LogP contribution in [0.2, 0.25) is 0 Å². The summed E-state index contributed by atoms with van der Waals surface area (Å²) in [5.74, 6) is 0. The molecule has 2 atom stereocenters. The molecule has 3 aliphatic rings. The monoisotopic (exact) mass is 405 g/mol.